The quantitative estimate of drug-likeness (QED) is 0.224. The minimum Gasteiger partial charge on any atom is -0.345 e. The van der Waals surface area contributed by atoms with Gasteiger partial charge in [0.05, 0.1) is 12.5 Å². The monoisotopic (exact) mass is 540 g/mol. The predicted molar refractivity (Wildman–Crippen MR) is 150 cm³/mol. The number of amides is 1. The molecule has 0 spiro atoms. The first-order valence-corrected chi connectivity index (χ1v) is 13.8. The fourth-order valence-electron chi connectivity index (χ4n) is 5.42. The van der Waals surface area contributed by atoms with Crippen LogP contribution in [0, 0.1) is 0 Å². The van der Waals surface area contributed by atoms with Crippen LogP contribution in [-0.4, -0.2) is 21.4 Å². The van der Waals surface area contributed by atoms with E-state index in [-0.39, 0.29) is 17.9 Å². The number of carbonyl (C=O) groups excluding carboxylic acids is 1. The molecular weight excluding hydrogens is 508 g/mol. The Morgan fingerprint density at radius 2 is 1.42 bits per heavy atom. The molecule has 0 saturated heterocycles. The molecule has 1 aromatic heterocycles. The van der Waals surface area contributed by atoms with Gasteiger partial charge in [0, 0.05) is 29.0 Å². The van der Waals surface area contributed by atoms with Gasteiger partial charge in [-0.1, -0.05) is 108 Å². The van der Waals surface area contributed by atoms with Gasteiger partial charge in [0.15, 0.2) is 0 Å². The van der Waals surface area contributed by atoms with E-state index in [9.17, 15) is 4.79 Å². The molecule has 0 radical (unpaired) electrons. The summed E-state index contributed by atoms with van der Waals surface area (Å²) in [6, 6.07) is 33.5. The lowest BCUT2D eigenvalue weighted by Crippen LogP contribution is -2.44. The molecule has 1 amide bonds. The SMILES string of the molecule is O=C(C(c1ccccc1)c1ccccc1)N(Cc1cccn1Cc1ccc(Br)cc1)C1CCCCC1. The van der Waals surface area contributed by atoms with Crippen molar-refractivity contribution in [2.45, 2.75) is 57.2 Å². The van der Waals surface area contributed by atoms with E-state index < -0.39 is 0 Å². The van der Waals surface area contributed by atoms with E-state index in [2.05, 4.69) is 92.3 Å². The standard InChI is InChI=1S/C32H33BrN2O/c33-28-20-18-25(19-21-28)23-34-22-10-17-30(34)24-35(29-15-8-3-9-16-29)32(36)31(26-11-4-1-5-12-26)27-13-6-2-7-14-27/h1-2,4-7,10-14,17-22,29,31H,3,8-9,15-16,23-24H2. The van der Waals surface area contributed by atoms with E-state index in [1.165, 1.54) is 30.5 Å². The van der Waals surface area contributed by atoms with Gasteiger partial charge in [-0.3, -0.25) is 4.79 Å². The summed E-state index contributed by atoms with van der Waals surface area (Å²) >= 11 is 3.53. The van der Waals surface area contributed by atoms with Gasteiger partial charge < -0.3 is 9.47 Å². The highest BCUT2D eigenvalue weighted by Gasteiger charge is 2.33. The molecule has 5 rings (SSSR count). The van der Waals surface area contributed by atoms with Gasteiger partial charge in [-0.2, -0.15) is 0 Å². The number of aromatic nitrogens is 1. The molecule has 0 atom stereocenters. The lowest BCUT2D eigenvalue weighted by molar-refractivity contribution is -0.135. The third-order valence-corrected chi connectivity index (χ3v) is 7.86. The number of nitrogens with zero attached hydrogens (tertiary/aromatic N) is 2. The Bertz CT molecular complexity index is 1200. The van der Waals surface area contributed by atoms with Crippen LogP contribution in [0.15, 0.2) is 108 Å². The summed E-state index contributed by atoms with van der Waals surface area (Å²) in [6.07, 6.45) is 7.93. The third kappa shape index (κ3) is 5.82. The van der Waals surface area contributed by atoms with Crippen molar-refractivity contribution in [2.75, 3.05) is 0 Å². The number of carbonyl (C=O) groups is 1. The van der Waals surface area contributed by atoms with Crippen LogP contribution in [0.3, 0.4) is 0 Å². The van der Waals surface area contributed by atoms with E-state index in [1.807, 2.05) is 36.4 Å². The molecule has 1 aliphatic rings. The fraction of sp³-hybridized carbons (Fsp3) is 0.281. The first-order chi connectivity index (χ1) is 17.7. The van der Waals surface area contributed by atoms with Crippen molar-refractivity contribution in [3.63, 3.8) is 0 Å². The second-order valence-electron chi connectivity index (χ2n) is 9.77. The lowest BCUT2D eigenvalue weighted by atomic mass is 9.87. The summed E-state index contributed by atoms with van der Waals surface area (Å²) in [5.41, 5.74) is 4.54. The Morgan fingerprint density at radius 1 is 0.806 bits per heavy atom. The van der Waals surface area contributed by atoms with Crippen LogP contribution in [0.4, 0.5) is 0 Å². The molecule has 4 heteroatoms. The topological polar surface area (TPSA) is 25.2 Å². The van der Waals surface area contributed by atoms with Crippen molar-refractivity contribution in [1.82, 2.24) is 9.47 Å². The normalized spacial score (nSPS) is 14.2. The first kappa shape index (κ1) is 24.6. The van der Waals surface area contributed by atoms with Crippen molar-refractivity contribution in [3.8, 4) is 0 Å². The highest BCUT2D eigenvalue weighted by atomic mass is 79.9. The van der Waals surface area contributed by atoms with Crippen LogP contribution in [0.2, 0.25) is 0 Å². The second kappa shape index (κ2) is 11.7. The maximum atomic E-state index is 14.5. The fourth-order valence-corrected chi connectivity index (χ4v) is 5.69. The molecule has 1 fully saturated rings. The zero-order chi connectivity index (χ0) is 24.7. The molecule has 0 unspecified atom stereocenters. The number of rotatable bonds is 8. The van der Waals surface area contributed by atoms with E-state index in [4.69, 9.17) is 0 Å². The summed E-state index contributed by atoms with van der Waals surface area (Å²) in [4.78, 5) is 16.7. The van der Waals surface area contributed by atoms with Gasteiger partial charge in [-0.05, 0) is 53.8 Å². The summed E-state index contributed by atoms with van der Waals surface area (Å²) in [5.74, 6) is -0.0973. The largest absolute Gasteiger partial charge is 0.345 e. The Labute approximate surface area is 222 Å². The predicted octanol–water partition coefficient (Wildman–Crippen LogP) is 7.79. The Balaban J connectivity index is 1.47. The summed E-state index contributed by atoms with van der Waals surface area (Å²) < 4.78 is 3.37. The molecule has 184 valence electrons. The molecule has 3 aromatic carbocycles. The molecular formula is C32H33BrN2O. The molecule has 1 heterocycles. The van der Waals surface area contributed by atoms with E-state index in [0.717, 1.165) is 35.0 Å². The molecule has 0 bridgehead atoms. The third-order valence-electron chi connectivity index (χ3n) is 7.33. The first-order valence-electron chi connectivity index (χ1n) is 13.0. The van der Waals surface area contributed by atoms with E-state index >= 15 is 0 Å². The number of benzene rings is 3. The van der Waals surface area contributed by atoms with Crippen molar-refractivity contribution in [3.05, 3.63) is 130 Å². The molecule has 3 nitrogen and oxygen atoms in total. The van der Waals surface area contributed by atoms with Crippen LogP contribution >= 0.6 is 15.9 Å². The summed E-state index contributed by atoms with van der Waals surface area (Å²) in [7, 11) is 0. The molecule has 0 aliphatic heterocycles. The van der Waals surface area contributed by atoms with E-state index in [1.54, 1.807) is 0 Å². The lowest BCUT2D eigenvalue weighted by Gasteiger charge is -2.37. The minimum absolute atomic E-state index is 0.204. The van der Waals surface area contributed by atoms with Gasteiger partial charge in [0.1, 0.15) is 0 Å². The van der Waals surface area contributed by atoms with Gasteiger partial charge >= 0.3 is 0 Å². The van der Waals surface area contributed by atoms with Crippen LogP contribution in [0.1, 0.15) is 60.4 Å². The Kier molecular flexibility index (Phi) is 8.02. The van der Waals surface area contributed by atoms with E-state index in [0.29, 0.717) is 6.54 Å². The van der Waals surface area contributed by atoms with Crippen molar-refractivity contribution < 1.29 is 4.79 Å². The minimum atomic E-state index is -0.302. The van der Waals surface area contributed by atoms with Crippen LogP contribution in [-0.2, 0) is 17.9 Å². The van der Waals surface area contributed by atoms with Gasteiger partial charge in [-0.15, -0.1) is 0 Å². The smallest absolute Gasteiger partial charge is 0.235 e. The summed E-state index contributed by atoms with van der Waals surface area (Å²) in [5, 5.41) is 0. The van der Waals surface area contributed by atoms with Gasteiger partial charge in [-0.25, -0.2) is 0 Å². The van der Waals surface area contributed by atoms with Crippen LogP contribution in [0.25, 0.3) is 0 Å². The van der Waals surface area contributed by atoms with Crippen molar-refractivity contribution in [2.24, 2.45) is 0 Å². The maximum absolute atomic E-state index is 14.5. The maximum Gasteiger partial charge on any atom is 0.235 e. The Hall–Kier alpha value is -3.11. The van der Waals surface area contributed by atoms with Crippen molar-refractivity contribution in [1.29, 1.82) is 0 Å². The van der Waals surface area contributed by atoms with Crippen molar-refractivity contribution >= 4 is 21.8 Å². The zero-order valence-electron chi connectivity index (χ0n) is 20.6. The summed E-state index contributed by atoms with van der Waals surface area (Å²) in [6.45, 7) is 1.42. The molecule has 1 saturated carbocycles. The number of hydrogen-bond acceptors (Lipinski definition) is 1. The highest BCUT2D eigenvalue weighted by molar-refractivity contribution is 9.10. The highest BCUT2D eigenvalue weighted by Crippen LogP contribution is 2.32. The average molecular weight is 542 g/mol. The van der Waals surface area contributed by atoms with Gasteiger partial charge in [0.25, 0.3) is 0 Å². The van der Waals surface area contributed by atoms with Crippen LogP contribution in [0.5, 0.6) is 0 Å². The molecule has 0 N–H and O–H groups in total. The second-order valence-corrected chi connectivity index (χ2v) is 10.7. The van der Waals surface area contributed by atoms with Gasteiger partial charge in [0.2, 0.25) is 5.91 Å². The average Bonchev–Trinajstić information content (AvgIpc) is 3.37. The molecule has 4 aromatic rings. The Morgan fingerprint density at radius 3 is 2.03 bits per heavy atom. The zero-order valence-corrected chi connectivity index (χ0v) is 22.2. The molecule has 36 heavy (non-hydrogen) atoms. The molecule has 1 aliphatic carbocycles. The number of hydrogen-bond donors (Lipinski definition) is 0. The van der Waals surface area contributed by atoms with Crippen LogP contribution < -0.4 is 0 Å². The number of halogens is 1.